The average molecular weight is 2090 g/mol. The van der Waals surface area contributed by atoms with Crippen molar-refractivity contribution in [3.63, 3.8) is 0 Å². The lowest BCUT2D eigenvalue weighted by atomic mass is 9.48. The van der Waals surface area contributed by atoms with Gasteiger partial charge in [0.2, 0.25) is 0 Å². The van der Waals surface area contributed by atoms with Gasteiger partial charge in [-0.2, -0.15) is 0 Å². The molecule has 27 heteroatoms. The Hall–Kier alpha value is -6.82. The van der Waals surface area contributed by atoms with Gasteiger partial charge in [-0.25, -0.2) is 35.1 Å². The molecule has 4 aliphatic carbocycles. The maximum atomic E-state index is 15.7. The molecular formula is C114H146Cl4F8O12Si3. The minimum absolute atomic E-state index is 0.00371. The van der Waals surface area contributed by atoms with Gasteiger partial charge in [0.15, 0.2) is 71.2 Å². The van der Waals surface area contributed by atoms with Crippen molar-refractivity contribution in [2.45, 2.75) is 280 Å². The number of halogens is 12. The highest BCUT2D eigenvalue weighted by atomic mass is 35.5. The van der Waals surface area contributed by atoms with Crippen molar-refractivity contribution in [1.82, 2.24) is 0 Å². The van der Waals surface area contributed by atoms with Crippen molar-refractivity contribution in [2.24, 2.45) is 45.3 Å². The predicted molar refractivity (Wildman–Crippen MR) is 554 cm³/mol. The third-order valence-electron chi connectivity index (χ3n) is 35.3. The van der Waals surface area contributed by atoms with Gasteiger partial charge in [0.05, 0.1) is 39.8 Å². The van der Waals surface area contributed by atoms with Crippen LogP contribution in [0.5, 0.6) is 23.0 Å². The topological polar surface area (TPSA) is 152 Å². The highest BCUT2D eigenvalue weighted by molar-refractivity contribution is 6.75. The largest absolute Gasteiger partial charge is 0.505 e. The molecule has 4 saturated carbocycles. The molecule has 0 amide bonds. The zero-order valence-corrected chi connectivity index (χ0v) is 91.1. The first-order valence-corrected chi connectivity index (χ1v) is 60.6. The van der Waals surface area contributed by atoms with Gasteiger partial charge in [-0.15, -0.1) is 0 Å². The highest BCUT2D eigenvalue weighted by Gasteiger charge is 2.64. The molecule has 0 aromatic heterocycles. The average Bonchev–Trinajstić information content (AvgIpc) is 0.724. The molecule has 0 saturated heterocycles. The van der Waals surface area contributed by atoms with Crippen molar-refractivity contribution < 1.29 is 92.2 Å². The molecule has 4 heterocycles. The van der Waals surface area contributed by atoms with Crippen LogP contribution in [0, 0.1) is 91.9 Å². The normalized spacial score (nSPS) is 25.6. The van der Waals surface area contributed by atoms with E-state index in [4.69, 9.17) is 83.4 Å². The van der Waals surface area contributed by atoms with Crippen molar-refractivity contribution in [2.75, 3.05) is 73.2 Å². The van der Waals surface area contributed by atoms with Gasteiger partial charge >= 0.3 is 0 Å². The van der Waals surface area contributed by atoms with Crippen LogP contribution in [-0.4, -0.2) is 120 Å². The molecule has 0 unspecified atom stereocenters. The molecule has 0 bridgehead atoms. The zero-order chi connectivity index (χ0) is 103. The van der Waals surface area contributed by atoms with Gasteiger partial charge in [0.1, 0.15) is 29.6 Å². The molecule has 770 valence electrons. The van der Waals surface area contributed by atoms with Crippen LogP contribution in [0.3, 0.4) is 0 Å². The predicted octanol–water partition coefficient (Wildman–Crippen LogP) is 29.9. The molecule has 0 radical (unpaired) electrons. The smallest absolute Gasteiger partial charge is 0.191 e. The van der Waals surface area contributed by atoms with E-state index in [2.05, 4.69) is 108 Å². The van der Waals surface area contributed by atoms with Crippen LogP contribution in [0.4, 0.5) is 35.1 Å². The van der Waals surface area contributed by atoms with E-state index < -0.39 is 104 Å². The number of hydrogen-bond donors (Lipinski definition) is 3. The van der Waals surface area contributed by atoms with Gasteiger partial charge in [0.25, 0.3) is 0 Å². The highest BCUT2D eigenvalue weighted by Crippen LogP contribution is 2.67. The third-order valence-corrected chi connectivity index (χ3v) is 50.0. The Bertz CT molecular complexity index is 5630. The van der Waals surface area contributed by atoms with E-state index >= 15 is 22.0 Å². The fourth-order valence-corrected chi connectivity index (χ4v) is 28.6. The Morgan fingerprint density at radius 2 is 0.582 bits per heavy atom. The fraction of sp³-hybridized carbons (Fsp3) is 0.553. The van der Waals surface area contributed by atoms with E-state index in [0.29, 0.717) is 140 Å². The second-order valence-corrected chi connectivity index (χ2v) is 62.2. The van der Waals surface area contributed by atoms with Crippen LogP contribution in [0.1, 0.15) is 222 Å². The summed E-state index contributed by atoms with van der Waals surface area (Å²) in [6.07, 6.45) is 20.0. The fourth-order valence-electron chi connectivity index (χ4n) is 25.0. The molecule has 4 fully saturated rings. The lowest BCUT2D eigenvalue weighted by molar-refractivity contribution is -0.129. The zero-order valence-electron chi connectivity index (χ0n) is 85.1. The maximum Gasteiger partial charge on any atom is 0.191 e. The van der Waals surface area contributed by atoms with Crippen molar-refractivity contribution in [3.8, 4) is 23.0 Å². The first-order valence-electron chi connectivity index (χ1n) is 50.4. The van der Waals surface area contributed by atoms with Gasteiger partial charge in [0, 0.05) is 138 Å². The quantitative estimate of drug-likeness (QED) is 0.0177. The van der Waals surface area contributed by atoms with Crippen molar-refractivity contribution >= 4 is 77.6 Å². The van der Waals surface area contributed by atoms with Gasteiger partial charge in [-0.3, -0.25) is 0 Å². The number of aliphatic hydroxyl groups is 3. The Labute approximate surface area is 854 Å². The molecular weight excluding hydrogens is 1940 g/mol. The van der Waals surface area contributed by atoms with Crippen LogP contribution in [-0.2, 0) is 70.2 Å². The molecule has 0 spiro atoms. The van der Waals surface area contributed by atoms with Gasteiger partial charge in [-0.05, 0) is 306 Å². The second-order valence-electron chi connectivity index (χ2n) is 46.0. The number of aldehydes is 1. The molecule has 141 heavy (non-hydrogen) atoms. The number of benzene rings is 8. The number of rotatable bonds is 29. The van der Waals surface area contributed by atoms with E-state index in [1.54, 1.807) is 13.4 Å². The van der Waals surface area contributed by atoms with Crippen molar-refractivity contribution in [1.29, 1.82) is 0 Å². The minimum Gasteiger partial charge on any atom is -0.505 e. The Morgan fingerprint density at radius 3 is 0.858 bits per heavy atom. The van der Waals surface area contributed by atoms with E-state index in [-0.39, 0.29) is 111 Å². The monoisotopic (exact) mass is 2080 g/mol. The first kappa shape index (κ1) is 111. The summed E-state index contributed by atoms with van der Waals surface area (Å²) >= 11 is 24.5. The van der Waals surface area contributed by atoms with Crippen LogP contribution in [0.2, 0.25) is 74.5 Å². The number of carbonyl (C=O) groups excluding carboxylic acids is 1. The van der Waals surface area contributed by atoms with E-state index in [1.807, 2.05) is 97.1 Å². The molecule has 12 nitrogen and oxygen atoms in total. The molecule has 16 rings (SSSR count). The number of ether oxygens (including phenoxy) is 5. The van der Waals surface area contributed by atoms with Gasteiger partial charge in [-0.1, -0.05) is 183 Å². The number of carbonyl (C=O) groups is 1. The summed E-state index contributed by atoms with van der Waals surface area (Å²) < 4.78 is 171. The van der Waals surface area contributed by atoms with E-state index in [1.165, 1.54) is 30.3 Å². The molecule has 8 aromatic rings. The molecule has 8 aliphatic rings. The van der Waals surface area contributed by atoms with E-state index in [9.17, 15) is 33.3 Å². The number of fused-ring (bicyclic) bond motifs is 12. The summed E-state index contributed by atoms with van der Waals surface area (Å²) in [5, 5.41) is 32.7. The number of hydrogen-bond acceptors (Lipinski definition) is 12. The summed E-state index contributed by atoms with van der Waals surface area (Å²) in [4.78, 5) is 12.9. The Balaban J connectivity index is 0.000000159. The molecule has 4 aliphatic heterocycles. The number of aliphatic hydroxyl groups excluding tert-OH is 3. The summed E-state index contributed by atoms with van der Waals surface area (Å²) in [5.41, 5.74) is 0.742. The van der Waals surface area contributed by atoms with Crippen molar-refractivity contribution in [3.05, 3.63) is 269 Å². The minimum atomic E-state index is -2.01. The van der Waals surface area contributed by atoms with Crippen LogP contribution in [0.15, 0.2) is 158 Å². The lowest BCUT2D eigenvalue weighted by Gasteiger charge is -2.58. The second kappa shape index (κ2) is 44.7. The van der Waals surface area contributed by atoms with Crippen LogP contribution < -0.4 is 18.9 Å². The summed E-state index contributed by atoms with van der Waals surface area (Å²) in [6.45, 7) is 36.0. The van der Waals surface area contributed by atoms with Crippen LogP contribution in [0.25, 0.3) is 0 Å². The summed E-state index contributed by atoms with van der Waals surface area (Å²) in [5.74, 6) is -4.51. The third kappa shape index (κ3) is 22.9. The number of allylic oxidation sites excluding steroid dienone is 1. The summed E-state index contributed by atoms with van der Waals surface area (Å²) in [7, 11) is -4.30. The maximum absolute atomic E-state index is 15.7. The molecule has 3 N–H and O–H groups in total. The number of methoxy groups -OCH3 is 1. The Kier molecular flexibility index (Phi) is 35.3. The van der Waals surface area contributed by atoms with E-state index in [0.717, 1.165) is 117 Å². The summed E-state index contributed by atoms with van der Waals surface area (Å²) in [6, 6.07) is 39.7. The Morgan fingerprint density at radius 1 is 0.340 bits per heavy atom. The van der Waals surface area contributed by atoms with Crippen LogP contribution >= 0.6 is 46.4 Å². The van der Waals surface area contributed by atoms with Gasteiger partial charge < -0.3 is 57.1 Å². The first-order chi connectivity index (χ1) is 66.5. The standard InChI is InChI=1S/C31H41ClF2O3Si.C30H41ClF2O3Si.C29H37ClF2O3Si.C24H27ClF2O3/c1-29(2,3)38(5,6)37-19-17-30(16-18-35-4)14-7-15-31(20-22-8-10-23(32)11-9-22)26(30)21-36-28-25(34)13-12-24(33)27(28)31;1-28(2,3)37(4,5)36-18-16-29(15-17-34)13-6-14-30(19-21-7-9-22(31)10-8-21)25(29)20-35-27-24(33)12-11-23(32)26(27)30;1-27(2,3)36(4,5)35-16-15-28(19-33)13-6-14-29(17-20-7-9-21(30)10-8-20)24(28)18-34-26-23(32)12-11-22(31)25(26)29;25-17-4-2-16(3-5-17)14-24-9-1-8-23(10-12-28,11-13-29)20(24)15-30-22-19(27)7-6-18(26)21(22)24/h8-13,16,18,26H,7,14-15,17,19-21H2,1-6H3;7-12,25,34H,6,13-20H2,1-5H3;7-12,19,24H,6,13-18H2,1-5H3;2-7,20,28-29H,1,8-15H2/t26-,30-,31-;25-,29-,30-;24-,28+,29-;20-,24-/m0000/s1. The lowest BCUT2D eigenvalue weighted by Crippen LogP contribution is -2.57. The SMILES string of the molecule is CC(C)(C)[Si](C)(C)OCC[C@@]1(C=O)CCC[C@@]2(Cc3ccc(Cl)cc3)c3c(F)ccc(F)c3OC[C@@H]12.CC(C)(C)[Si](C)(C)OCC[C@@]1(CCO)CCC[C@@]2(Cc3ccc(Cl)cc3)c3c(F)ccc(F)c3OC[C@@H]12.COC=C[C@]1(CCO[Si](C)(C)C(C)(C)C)CCC[C@@]2(Cc3ccc(Cl)cc3)c3c(F)ccc(F)c3OC[C@@H]12.OCCC1(CCO)CCC[C@@]2(Cc3ccc(Cl)cc3)c3c(F)ccc(F)c3OC[C@@H]12. The molecule has 11 atom stereocenters. The molecule has 8 aromatic carbocycles.